The molecule has 6 atom stereocenters. The average molecular weight is 354 g/mol. The molecule has 0 amide bonds. The third-order valence-corrected chi connectivity index (χ3v) is 5.17. The van der Waals surface area contributed by atoms with Gasteiger partial charge in [-0.05, 0) is 13.3 Å². The molecular formula is C12H12F2O8S. The molecule has 0 aromatic rings. The van der Waals surface area contributed by atoms with Crippen molar-refractivity contribution in [3.05, 3.63) is 0 Å². The highest BCUT2D eigenvalue weighted by molar-refractivity contribution is 7.96. The molecule has 2 aliphatic carbocycles. The Morgan fingerprint density at radius 3 is 2.70 bits per heavy atom. The summed E-state index contributed by atoms with van der Waals surface area (Å²) in [5.74, 6) is -4.87. The quantitative estimate of drug-likeness (QED) is 0.323. The van der Waals surface area contributed by atoms with Crippen molar-refractivity contribution >= 4 is 29.8 Å². The van der Waals surface area contributed by atoms with E-state index in [-0.39, 0.29) is 11.7 Å². The van der Waals surface area contributed by atoms with Crippen LogP contribution in [0.3, 0.4) is 0 Å². The third-order valence-electron chi connectivity index (χ3n) is 4.67. The largest absolute Gasteiger partial charge is 0.458 e. The fourth-order valence-corrected chi connectivity index (χ4v) is 4.22. The number of ketones is 1. The highest BCUT2D eigenvalue weighted by Gasteiger charge is 2.69. The van der Waals surface area contributed by atoms with Gasteiger partial charge in [0, 0.05) is 17.8 Å². The van der Waals surface area contributed by atoms with Crippen LogP contribution in [-0.2, 0) is 33.2 Å². The summed E-state index contributed by atoms with van der Waals surface area (Å²) in [6.07, 6.45) is -1.52. The molecule has 128 valence electrons. The summed E-state index contributed by atoms with van der Waals surface area (Å²) < 4.78 is 40.4. The van der Waals surface area contributed by atoms with E-state index in [0.717, 1.165) is 0 Å². The van der Waals surface area contributed by atoms with E-state index < -0.39 is 59.2 Å². The van der Waals surface area contributed by atoms with Crippen molar-refractivity contribution < 1.29 is 47.3 Å². The van der Waals surface area contributed by atoms with Crippen LogP contribution in [0, 0.1) is 23.7 Å². The maximum Gasteiger partial charge on any atom is 0.415 e. The highest BCUT2D eigenvalue weighted by Crippen LogP contribution is 2.59. The van der Waals surface area contributed by atoms with Gasteiger partial charge in [-0.15, -0.1) is 4.33 Å². The highest BCUT2D eigenvalue weighted by atomic mass is 32.2. The van der Waals surface area contributed by atoms with Crippen LogP contribution in [-0.4, -0.2) is 40.4 Å². The minimum Gasteiger partial charge on any atom is -0.458 e. The van der Waals surface area contributed by atoms with E-state index in [1.807, 2.05) is 0 Å². The molecule has 23 heavy (non-hydrogen) atoms. The van der Waals surface area contributed by atoms with E-state index in [1.165, 1.54) is 6.92 Å². The van der Waals surface area contributed by atoms with Crippen LogP contribution in [0.25, 0.3) is 0 Å². The zero-order chi connectivity index (χ0) is 16.9. The molecule has 3 fully saturated rings. The van der Waals surface area contributed by atoms with E-state index in [1.54, 1.807) is 0 Å². The minimum absolute atomic E-state index is 0.265. The SMILES string of the molecule is CC(=O)C1C2CC3C(OC(=O)C31)C2OC(=O)C(F)(F)SOOO. The molecular weight excluding hydrogens is 342 g/mol. The molecule has 2 saturated carbocycles. The second kappa shape index (κ2) is 5.65. The number of halogens is 2. The lowest BCUT2D eigenvalue weighted by molar-refractivity contribution is -0.433. The van der Waals surface area contributed by atoms with Gasteiger partial charge in [-0.3, -0.25) is 9.59 Å². The first-order valence-electron chi connectivity index (χ1n) is 6.73. The Bertz CT molecular complexity index is 555. The van der Waals surface area contributed by atoms with E-state index in [9.17, 15) is 23.2 Å². The Morgan fingerprint density at radius 2 is 2.09 bits per heavy atom. The Kier molecular flexibility index (Phi) is 4.07. The molecule has 1 saturated heterocycles. The summed E-state index contributed by atoms with van der Waals surface area (Å²) in [4.78, 5) is 35.2. The summed E-state index contributed by atoms with van der Waals surface area (Å²) in [6, 6.07) is 0. The number of esters is 2. The normalized spacial score (nSPS) is 37.8. The number of hydrogen-bond donors (Lipinski definition) is 1. The van der Waals surface area contributed by atoms with Gasteiger partial charge in [0.2, 0.25) is 0 Å². The summed E-state index contributed by atoms with van der Waals surface area (Å²) in [7, 11) is 0. The molecule has 11 heteroatoms. The maximum atomic E-state index is 13.5. The van der Waals surface area contributed by atoms with Crippen LogP contribution < -0.4 is 0 Å². The van der Waals surface area contributed by atoms with Gasteiger partial charge in [-0.25, -0.2) is 10.1 Å². The lowest BCUT2D eigenvalue weighted by atomic mass is 9.76. The predicted molar refractivity (Wildman–Crippen MR) is 66.4 cm³/mol. The predicted octanol–water partition coefficient (Wildman–Crippen LogP) is 0.957. The smallest absolute Gasteiger partial charge is 0.415 e. The molecule has 2 bridgehead atoms. The lowest BCUT2D eigenvalue weighted by Crippen LogP contribution is -2.44. The summed E-state index contributed by atoms with van der Waals surface area (Å²) >= 11 is -0.738. The van der Waals surface area contributed by atoms with Gasteiger partial charge >= 0.3 is 17.2 Å². The van der Waals surface area contributed by atoms with Crippen molar-refractivity contribution in [3.8, 4) is 0 Å². The van der Waals surface area contributed by atoms with Crippen LogP contribution in [0.15, 0.2) is 0 Å². The molecule has 1 aliphatic heterocycles. The first kappa shape index (κ1) is 16.6. The Hall–Kier alpha value is -1.30. The van der Waals surface area contributed by atoms with Crippen molar-refractivity contribution in [1.29, 1.82) is 0 Å². The Morgan fingerprint density at radius 1 is 1.39 bits per heavy atom. The maximum absolute atomic E-state index is 13.5. The first-order valence-corrected chi connectivity index (χ1v) is 7.48. The molecule has 6 unspecified atom stereocenters. The van der Waals surface area contributed by atoms with Crippen molar-refractivity contribution in [2.24, 2.45) is 23.7 Å². The number of carbonyl (C=O) groups is 3. The molecule has 0 radical (unpaired) electrons. The van der Waals surface area contributed by atoms with Crippen LogP contribution in [0.2, 0.25) is 0 Å². The van der Waals surface area contributed by atoms with E-state index in [2.05, 4.69) is 9.37 Å². The summed E-state index contributed by atoms with van der Waals surface area (Å²) in [6.45, 7) is 1.31. The van der Waals surface area contributed by atoms with Crippen molar-refractivity contribution in [3.63, 3.8) is 0 Å². The second-order valence-corrected chi connectivity index (χ2v) is 6.56. The second-order valence-electron chi connectivity index (χ2n) is 5.74. The van der Waals surface area contributed by atoms with E-state index in [4.69, 9.17) is 14.7 Å². The van der Waals surface area contributed by atoms with Gasteiger partial charge in [0.25, 0.3) is 0 Å². The Balaban J connectivity index is 1.75. The van der Waals surface area contributed by atoms with Crippen LogP contribution in [0.5, 0.6) is 0 Å². The topological polar surface area (TPSA) is 108 Å². The van der Waals surface area contributed by atoms with Crippen LogP contribution in [0.4, 0.5) is 8.78 Å². The number of alkyl halides is 2. The van der Waals surface area contributed by atoms with Gasteiger partial charge < -0.3 is 9.47 Å². The van der Waals surface area contributed by atoms with Gasteiger partial charge in [-0.2, -0.15) is 8.78 Å². The van der Waals surface area contributed by atoms with Crippen LogP contribution >= 0.6 is 12.0 Å². The summed E-state index contributed by atoms with van der Waals surface area (Å²) in [5.41, 5.74) is 0. The van der Waals surface area contributed by atoms with Crippen LogP contribution in [0.1, 0.15) is 13.3 Å². The molecule has 1 heterocycles. The van der Waals surface area contributed by atoms with Gasteiger partial charge in [0.1, 0.15) is 30.0 Å². The van der Waals surface area contributed by atoms with Crippen molar-refractivity contribution in [2.45, 2.75) is 30.8 Å². The fourth-order valence-electron chi connectivity index (χ4n) is 3.99. The first-order chi connectivity index (χ1) is 10.8. The van der Waals surface area contributed by atoms with Crippen molar-refractivity contribution in [1.82, 2.24) is 0 Å². The molecule has 0 aromatic carbocycles. The summed E-state index contributed by atoms with van der Waals surface area (Å²) in [5, 5.41) is 6.75. The lowest BCUT2D eigenvalue weighted by Gasteiger charge is -2.30. The number of ether oxygens (including phenoxy) is 2. The number of Topliss-reactive ketones (excluding diaryl/α,β-unsaturated/α-hetero) is 1. The van der Waals surface area contributed by atoms with Gasteiger partial charge in [-0.1, -0.05) is 5.04 Å². The molecule has 3 aliphatic rings. The number of hydrogen-bond acceptors (Lipinski definition) is 9. The Labute approximate surface area is 132 Å². The standard InChI is InChI=1S/C12H12F2O8S/c1-3(15)6-4-2-5-7(6)10(16)19-8(5)9(4)20-11(17)12(13,14)23-22-21-18/h4-9,18H,2H2,1H3. The molecule has 8 nitrogen and oxygen atoms in total. The number of carbonyl (C=O) groups excluding carboxylic acids is 3. The van der Waals surface area contributed by atoms with Gasteiger partial charge in [0.05, 0.1) is 5.92 Å². The molecule has 1 N–H and O–H groups in total. The number of rotatable bonds is 6. The van der Waals surface area contributed by atoms with Crippen molar-refractivity contribution in [2.75, 3.05) is 0 Å². The zero-order valence-corrected chi connectivity index (χ0v) is 12.5. The minimum atomic E-state index is -4.14. The van der Waals surface area contributed by atoms with E-state index in [0.29, 0.717) is 6.42 Å². The molecule has 3 rings (SSSR count). The van der Waals surface area contributed by atoms with E-state index >= 15 is 0 Å². The fraction of sp³-hybridized carbons (Fsp3) is 0.750. The molecule has 0 spiro atoms. The zero-order valence-electron chi connectivity index (χ0n) is 11.6. The third kappa shape index (κ3) is 2.51. The number of fused-ring (bicyclic) bond motifs is 1. The van der Waals surface area contributed by atoms with Gasteiger partial charge in [0.15, 0.2) is 0 Å². The molecule has 0 aromatic heterocycles. The monoisotopic (exact) mass is 354 g/mol. The average Bonchev–Trinajstić information content (AvgIpc) is 3.08.